The number of hydrogen-bond donors (Lipinski definition) is 3. The van der Waals surface area contributed by atoms with Crippen LogP contribution in [-0.4, -0.2) is 24.8 Å². The number of nitrogens with one attached hydrogen (secondary N) is 2. The third kappa shape index (κ3) is 4.96. The Morgan fingerprint density at radius 1 is 1.22 bits per heavy atom. The predicted molar refractivity (Wildman–Crippen MR) is 84.6 cm³/mol. The van der Waals surface area contributed by atoms with E-state index in [9.17, 15) is 14.3 Å². The van der Waals surface area contributed by atoms with Crippen LogP contribution in [0.1, 0.15) is 17.2 Å². The van der Waals surface area contributed by atoms with E-state index in [0.29, 0.717) is 12.3 Å². The summed E-state index contributed by atoms with van der Waals surface area (Å²) in [4.78, 5) is 11.7. The van der Waals surface area contributed by atoms with E-state index in [1.54, 1.807) is 19.2 Å². The molecular weight excluding hydrogens is 299 g/mol. The van der Waals surface area contributed by atoms with Gasteiger partial charge in [0.1, 0.15) is 11.6 Å². The number of methoxy groups -OCH3 is 1. The molecule has 0 saturated carbocycles. The van der Waals surface area contributed by atoms with Crippen molar-refractivity contribution in [2.75, 3.05) is 13.7 Å². The third-order valence-electron chi connectivity index (χ3n) is 3.31. The molecule has 3 N–H and O–H groups in total. The summed E-state index contributed by atoms with van der Waals surface area (Å²) in [7, 11) is 1.57. The van der Waals surface area contributed by atoms with Crippen molar-refractivity contribution in [2.45, 2.75) is 12.6 Å². The van der Waals surface area contributed by atoms with Crippen LogP contribution in [0, 0.1) is 5.82 Å². The lowest BCUT2D eigenvalue weighted by molar-refractivity contribution is 0.169. The molecule has 0 fully saturated rings. The normalized spacial score (nSPS) is 11.6. The Morgan fingerprint density at radius 3 is 2.74 bits per heavy atom. The predicted octanol–water partition coefficient (Wildman–Crippen LogP) is 2.37. The summed E-state index contributed by atoms with van der Waals surface area (Å²) >= 11 is 0. The molecule has 0 aliphatic carbocycles. The van der Waals surface area contributed by atoms with E-state index in [0.717, 1.165) is 5.56 Å². The van der Waals surface area contributed by atoms with Gasteiger partial charge in [-0.3, -0.25) is 0 Å². The van der Waals surface area contributed by atoms with Gasteiger partial charge in [-0.2, -0.15) is 0 Å². The molecule has 0 spiro atoms. The number of urea groups is 1. The maximum atomic E-state index is 13.5. The number of ether oxygens (including phenoxy) is 1. The summed E-state index contributed by atoms with van der Waals surface area (Å²) in [6.45, 7) is 0.240. The van der Waals surface area contributed by atoms with Crippen LogP contribution < -0.4 is 15.4 Å². The lowest BCUT2D eigenvalue weighted by atomic mass is 10.1. The molecule has 2 rings (SSSR count). The Kier molecular flexibility index (Phi) is 5.94. The lowest BCUT2D eigenvalue weighted by Gasteiger charge is -2.13. The first kappa shape index (κ1) is 16.8. The number of aliphatic hydroxyl groups is 1. The highest BCUT2D eigenvalue weighted by Gasteiger charge is 2.13. The molecule has 6 heteroatoms. The highest BCUT2D eigenvalue weighted by molar-refractivity contribution is 5.73. The van der Waals surface area contributed by atoms with Gasteiger partial charge in [0.05, 0.1) is 13.2 Å². The fourth-order valence-electron chi connectivity index (χ4n) is 2.07. The van der Waals surface area contributed by atoms with Gasteiger partial charge >= 0.3 is 6.03 Å². The minimum Gasteiger partial charge on any atom is -0.497 e. The zero-order valence-electron chi connectivity index (χ0n) is 12.8. The van der Waals surface area contributed by atoms with Crippen LogP contribution in [0.25, 0.3) is 0 Å². The van der Waals surface area contributed by atoms with Crippen molar-refractivity contribution in [3.63, 3.8) is 0 Å². The van der Waals surface area contributed by atoms with Crippen LogP contribution in [-0.2, 0) is 6.54 Å². The van der Waals surface area contributed by atoms with Crippen molar-refractivity contribution in [1.29, 1.82) is 0 Å². The fraction of sp³-hybridized carbons (Fsp3) is 0.235. The molecule has 1 atom stereocenters. The van der Waals surface area contributed by atoms with Crippen molar-refractivity contribution < 1.29 is 19.0 Å². The van der Waals surface area contributed by atoms with E-state index in [4.69, 9.17) is 4.74 Å². The molecule has 5 nitrogen and oxygen atoms in total. The van der Waals surface area contributed by atoms with E-state index < -0.39 is 18.0 Å². The Labute approximate surface area is 134 Å². The summed E-state index contributed by atoms with van der Waals surface area (Å²) < 4.78 is 18.6. The second-order valence-electron chi connectivity index (χ2n) is 4.95. The Morgan fingerprint density at radius 2 is 2.00 bits per heavy atom. The topological polar surface area (TPSA) is 70.6 Å². The molecule has 0 aliphatic heterocycles. The number of benzene rings is 2. The fourth-order valence-corrected chi connectivity index (χ4v) is 2.07. The second kappa shape index (κ2) is 8.14. The van der Waals surface area contributed by atoms with Crippen molar-refractivity contribution in [2.24, 2.45) is 0 Å². The van der Waals surface area contributed by atoms with Crippen molar-refractivity contribution in [3.05, 3.63) is 65.5 Å². The van der Waals surface area contributed by atoms with E-state index in [1.165, 1.54) is 12.1 Å². The molecule has 0 aromatic heterocycles. The number of carbonyl (C=O) groups excluding carboxylic acids is 1. The number of hydrogen-bond acceptors (Lipinski definition) is 3. The zero-order chi connectivity index (χ0) is 16.7. The molecule has 23 heavy (non-hydrogen) atoms. The van der Waals surface area contributed by atoms with Crippen molar-refractivity contribution >= 4 is 6.03 Å². The first-order valence-corrected chi connectivity index (χ1v) is 7.17. The average molecular weight is 318 g/mol. The average Bonchev–Trinajstić information content (AvgIpc) is 2.58. The van der Waals surface area contributed by atoms with Crippen LogP contribution in [0.15, 0.2) is 48.5 Å². The summed E-state index contributed by atoms with van der Waals surface area (Å²) in [6.07, 6.45) is -1.10. The monoisotopic (exact) mass is 318 g/mol. The van der Waals surface area contributed by atoms with Gasteiger partial charge in [-0.25, -0.2) is 9.18 Å². The van der Waals surface area contributed by atoms with Gasteiger partial charge in [0.2, 0.25) is 0 Å². The molecule has 0 heterocycles. The van der Waals surface area contributed by atoms with E-state index in [1.807, 2.05) is 24.3 Å². The lowest BCUT2D eigenvalue weighted by Crippen LogP contribution is -2.37. The number of halogens is 1. The van der Waals surface area contributed by atoms with Gasteiger partial charge in [0.25, 0.3) is 0 Å². The molecule has 0 saturated heterocycles. The van der Waals surface area contributed by atoms with Gasteiger partial charge < -0.3 is 20.5 Å². The molecule has 0 aliphatic rings. The molecule has 2 aromatic carbocycles. The molecular formula is C17H19FN2O3. The maximum Gasteiger partial charge on any atom is 0.315 e. The van der Waals surface area contributed by atoms with Gasteiger partial charge in [-0.1, -0.05) is 30.3 Å². The van der Waals surface area contributed by atoms with Gasteiger partial charge in [-0.15, -0.1) is 0 Å². The standard InChI is InChI=1S/C17H19FN2O3/c1-23-13-6-4-5-12(9-13)10-19-17(22)20-11-16(21)14-7-2-3-8-15(14)18/h2-9,16,21H,10-11H2,1H3,(H2,19,20,22). The molecule has 0 bridgehead atoms. The van der Waals surface area contributed by atoms with Gasteiger partial charge in [0, 0.05) is 18.7 Å². The zero-order valence-corrected chi connectivity index (χ0v) is 12.8. The van der Waals surface area contributed by atoms with Crippen LogP contribution in [0.3, 0.4) is 0 Å². The number of rotatable bonds is 6. The minimum atomic E-state index is -1.10. The molecule has 0 radical (unpaired) electrons. The Bertz CT molecular complexity index is 664. The Balaban J connectivity index is 1.80. The van der Waals surface area contributed by atoms with Crippen molar-refractivity contribution in [1.82, 2.24) is 10.6 Å². The molecule has 1 unspecified atom stereocenters. The van der Waals surface area contributed by atoms with Crippen molar-refractivity contribution in [3.8, 4) is 5.75 Å². The summed E-state index contributed by atoms with van der Waals surface area (Å²) in [6, 6.07) is 12.8. The quantitative estimate of drug-likeness (QED) is 0.766. The summed E-state index contributed by atoms with van der Waals surface area (Å²) in [5, 5.41) is 15.1. The van der Waals surface area contributed by atoms with Gasteiger partial charge in [0.15, 0.2) is 0 Å². The van der Waals surface area contributed by atoms with Crippen LogP contribution in [0.4, 0.5) is 9.18 Å². The van der Waals surface area contributed by atoms with E-state index >= 15 is 0 Å². The first-order chi connectivity index (χ1) is 11.1. The summed E-state index contributed by atoms with van der Waals surface area (Å²) in [5.74, 6) is 0.207. The second-order valence-corrected chi connectivity index (χ2v) is 4.95. The minimum absolute atomic E-state index is 0.0785. The Hall–Kier alpha value is -2.60. The number of aliphatic hydroxyl groups excluding tert-OH is 1. The van der Waals surface area contributed by atoms with Crippen LogP contribution >= 0.6 is 0 Å². The highest BCUT2D eigenvalue weighted by atomic mass is 19.1. The maximum absolute atomic E-state index is 13.5. The number of carbonyl (C=O) groups is 1. The summed E-state index contributed by atoms with van der Waals surface area (Å²) in [5.41, 5.74) is 1.04. The molecule has 2 aromatic rings. The first-order valence-electron chi connectivity index (χ1n) is 7.17. The van der Waals surface area contributed by atoms with E-state index in [2.05, 4.69) is 10.6 Å². The SMILES string of the molecule is COc1cccc(CNC(=O)NCC(O)c2ccccc2F)c1. The van der Waals surface area contributed by atoms with Crippen LogP contribution in [0.2, 0.25) is 0 Å². The highest BCUT2D eigenvalue weighted by Crippen LogP contribution is 2.15. The largest absolute Gasteiger partial charge is 0.497 e. The molecule has 122 valence electrons. The van der Waals surface area contributed by atoms with Crippen LogP contribution in [0.5, 0.6) is 5.75 Å². The van der Waals surface area contributed by atoms with Gasteiger partial charge in [-0.05, 0) is 23.8 Å². The van der Waals surface area contributed by atoms with E-state index in [-0.39, 0.29) is 12.1 Å². The number of amides is 2. The third-order valence-corrected chi connectivity index (χ3v) is 3.31. The smallest absolute Gasteiger partial charge is 0.315 e. The molecule has 2 amide bonds.